The van der Waals surface area contributed by atoms with Gasteiger partial charge in [0.15, 0.2) is 0 Å². The summed E-state index contributed by atoms with van der Waals surface area (Å²) in [5, 5.41) is 9.84. The molecule has 80 valence electrons. The first-order valence-corrected chi connectivity index (χ1v) is 7.34. The molecule has 2 rings (SSSR count). The molecule has 0 aliphatic heterocycles. The van der Waals surface area contributed by atoms with E-state index in [-0.39, 0.29) is 0 Å². The molecule has 0 aliphatic carbocycles. The Hall–Kier alpha value is -0.160. The fourth-order valence-corrected chi connectivity index (χ4v) is 3.92. The lowest BCUT2D eigenvalue weighted by Gasteiger charge is -2.14. The minimum absolute atomic E-state index is 0.407. The average molecular weight is 302 g/mol. The second-order valence-electron chi connectivity index (χ2n) is 3.30. The van der Waals surface area contributed by atoms with Crippen LogP contribution in [-0.4, -0.2) is 7.05 Å². The maximum atomic E-state index is 3.59. The van der Waals surface area contributed by atoms with Gasteiger partial charge in [0.25, 0.3) is 0 Å². The fraction of sp³-hybridized carbons (Fsp3) is 0.273. The summed E-state index contributed by atoms with van der Waals surface area (Å²) in [5.74, 6) is 0. The summed E-state index contributed by atoms with van der Waals surface area (Å²) in [6, 6.07) is 4.70. The summed E-state index contributed by atoms with van der Waals surface area (Å²) in [5.41, 5.74) is 1.36. The Morgan fingerprint density at radius 2 is 2.33 bits per heavy atom. The van der Waals surface area contributed by atoms with Gasteiger partial charge in [-0.1, -0.05) is 6.07 Å². The molecule has 1 nitrogen and oxygen atoms in total. The summed E-state index contributed by atoms with van der Waals surface area (Å²) in [4.78, 5) is 1.42. The molecule has 0 aliphatic rings. The van der Waals surface area contributed by atoms with E-state index in [4.69, 9.17) is 0 Å². The van der Waals surface area contributed by atoms with E-state index in [0.717, 1.165) is 6.42 Å². The first-order valence-electron chi connectivity index (χ1n) is 4.72. The number of nitrogens with one attached hydrogen (secondary N) is 1. The topological polar surface area (TPSA) is 12.0 Å². The zero-order valence-corrected chi connectivity index (χ0v) is 11.6. The van der Waals surface area contributed by atoms with Crippen molar-refractivity contribution in [3.05, 3.63) is 43.2 Å². The van der Waals surface area contributed by atoms with Crippen LogP contribution >= 0.6 is 38.6 Å². The van der Waals surface area contributed by atoms with Crippen molar-refractivity contribution in [1.29, 1.82) is 0 Å². The minimum Gasteiger partial charge on any atom is -0.313 e. The van der Waals surface area contributed by atoms with E-state index >= 15 is 0 Å². The van der Waals surface area contributed by atoms with E-state index < -0.39 is 0 Å². The SMILES string of the molecule is CNC(Cc1cccs1)c1cscc1Br. The molecule has 1 atom stereocenters. The molecule has 1 N–H and O–H groups in total. The Balaban J connectivity index is 2.15. The molecule has 0 amide bonds. The Morgan fingerprint density at radius 1 is 1.47 bits per heavy atom. The number of hydrogen-bond acceptors (Lipinski definition) is 3. The predicted molar refractivity (Wildman–Crippen MR) is 71.8 cm³/mol. The van der Waals surface area contributed by atoms with Crippen molar-refractivity contribution >= 4 is 38.6 Å². The van der Waals surface area contributed by atoms with Crippen molar-refractivity contribution in [2.45, 2.75) is 12.5 Å². The molecular weight excluding hydrogens is 290 g/mol. The first kappa shape index (κ1) is 11.3. The zero-order chi connectivity index (χ0) is 10.7. The molecule has 0 spiro atoms. The van der Waals surface area contributed by atoms with Crippen LogP contribution in [-0.2, 0) is 6.42 Å². The van der Waals surface area contributed by atoms with Crippen LogP contribution in [0.3, 0.4) is 0 Å². The monoisotopic (exact) mass is 301 g/mol. The largest absolute Gasteiger partial charge is 0.313 e. The lowest BCUT2D eigenvalue weighted by Crippen LogP contribution is -2.18. The Labute approximate surface area is 106 Å². The molecule has 2 aromatic rings. The Bertz CT molecular complexity index is 408. The highest BCUT2D eigenvalue weighted by atomic mass is 79.9. The second kappa shape index (κ2) is 5.25. The average Bonchev–Trinajstić information content (AvgIpc) is 2.85. The summed E-state index contributed by atoms with van der Waals surface area (Å²) in [7, 11) is 2.02. The van der Waals surface area contributed by atoms with Crippen LogP contribution < -0.4 is 5.32 Å². The normalized spacial score (nSPS) is 12.9. The molecule has 2 heterocycles. The zero-order valence-electron chi connectivity index (χ0n) is 8.37. The minimum atomic E-state index is 0.407. The van der Waals surface area contributed by atoms with Crippen molar-refractivity contribution in [3.63, 3.8) is 0 Å². The third kappa shape index (κ3) is 2.69. The van der Waals surface area contributed by atoms with Gasteiger partial charge in [0.05, 0.1) is 0 Å². The van der Waals surface area contributed by atoms with Crippen LogP contribution in [0.5, 0.6) is 0 Å². The van der Waals surface area contributed by atoms with Crippen molar-refractivity contribution < 1.29 is 0 Å². The van der Waals surface area contributed by atoms with Crippen molar-refractivity contribution in [2.75, 3.05) is 7.05 Å². The lowest BCUT2D eigenvalue weighted by atomic mass is 10.1. The standard InChI is InChI=1S/C11H12BrNS2/c1-13-11(5-8-3-2-4-15-8)9-6-14-7-10(9)12/h2-4,6-7,11,13H,5H2,1H3. The van der Waals surface area contributed by atoms with E-state index in [2.05, 4.69) is 49.5 Å². The molecule has 0 aromatic carbocycles. The van der Waals surface area contributed by atoms with Gasteiger partial charge in [-0.2, -0.15) is 11.3 Å². The van der Waals surface area contributed by atoms with Gasteiger partial charge in [-0.3, -0.25) is 0 Å². The number of rotatable bonds is 4. The molecule has 0 fully saturated rings. The number of thiophene rings is 2. The molecule has 2 aromatic heterocycles. The van der Waals surface area contributed by atoms with E-state index in [1.165, 1.54) is 14.9 Å². The smallest absolute Gasteiger partial charge is 0.0385 e. The van der Waals surface area contributed by atoms with Gasteiger partial charge in [0.1, 0.15) is 0 Å². The van der Waals surface area contributed by atoms with Crippen LogP contribution in [0.4, 0.5) is 0 Å². The maximum Gasteiger partial charge on any atom is 0.0385 e. The van der Waals surface area contributed by atoms with Crippen molar-refractivity contribution in [2.24, 2.45) is 0 Å². The van der Waals surface area contributed by atoms with E-state index in [1.807, 2.05) is 18.4 Å². The summed E-state index contributed by atoms with van der Waals surface area (Å²) < 4.78 is 1.21. The van der Waals surface area contributed by atoms with Crippen LogP contribution in [0.25, 0.3) is 0 Å². The van der Waals surface area contributed by atoms with Crippen LogP contribution in [0, 0.1) is 0 Å². The van der Waals surface area contributed by atoms with Crippen LogP contribution in [0.1, 0.15) is 16.5 Å². The van der Waals surface area contributed by atoms with Crippen molar-refractivity contribution in [3.8, 4) is 0 Å². The number of hydrogen-bond donors (Lipinski definition) is 1. The van der Waals surface area contributed by atoms with Gasteiger partial charge in [-0.15, -0.1) is 11.3 Å². The highest BCUT2D eigenvalue weighted by molar-refractivity contribution is 9.10. The van der Waals surface area contributed by atoms with Crippen LogP contribution in [0.2, 0.25) is 0 Å². The van der Waals surface area contributed by atoms with Gasteiger partial charge in [0, 0.05) is 27.2 Å². The molecule has 15 heavy (non-hydrogen) atoms. The molecule has 0 saturated heterocycles. The van der Waals surface area contributed by atoms with Gasteiger partial charge < -0.3 is 5.32 Å². The molecule has 4 heteroatoms. The first-order chi connectivity index (χ1) is 7.31. The predicted octanol–water partition coefficient (Wildman–Crippen LogP) is 4.08. The van der Waals surface area contributed by atoms with Gasteiger partial charge in [0.2, 0.25) is 0 Å². The van der Waals surface area contributed by atoms with E-state index in [9.17, 15) is 0 Å². The third-order valence-electron chi connectivity index (χ3n) is 2.35. The van der Waals surface area contributed by atoms with E-state index in [0.29, 0.717) is 6.04 Å². The summed E-state index contributed by atoms with van der Waals surface area (Å²) in [6.07, 6.45) is 1.06. The highest BCUT2D eigenvalue weighted by Crippen LogP contribution is 2.30. The fourth-order valence-electron chi connectivity index (χ4n) is 1.54. The lowest BCUT2D eigenvalue weighted by molar-refractivity contribution is 0.596. The van der Waals surface area contributed by atoms with Gasteiger partial charge in [-0.25, -0.2) is 0 Å². The van der Waals surface area contributed by atoms with Crippen molar-refractivity contribution in [1.82, 2.24) is 5.32 Å². The molecule has 1 unspecified atom stereocenters. The molecular formula is C11H12BrNS2. The highest BCUT2D eigenvalue weighted by Gasteiger charge is 2.14. The molecule has 0 radical (unpaired) electrons. The Morgan fingerprint density at radius 3 is 2.87 bits per heavy atom. The maximum absolute atomic E-state index is 3.59. The molecule has 0 saturated carbocycles. The van der Waals surface area contributed by atoms with E-state index in [1.54, 1.807) is 11.3 Å². The van der Waals surface area contributed by atoms with Gasteiger partial charge in [-0.05, 0) is 45.4 Å². The third-order valence-corrected chi connectivity index (χ3v) is 5.00. The summed E-state index contributed by atoms with van der Waals surface area (Å²) >= 11 is 7.14. The summed E-state index contributed by atoms with van der Waals surface area (Å²) in [6.45, 7) is 0. The molecule has 0 bridgehead atoms. The van der Waals surface area contributed by atoms with Gasteiger partial charge >= 0.3 is 0 Å². The second-order valence-corrected chi connectivity index (χ2v) is 5.93. The Kier molecular flexibility index (Phi) is 3.97. The quantitative estimate of drug-likeness (QED) is 0.897. The van der Waals surface area contributed by atoms with Crippen LogP contribution in [0.15, 0.2) is 32.7 Å². The number of likely N-dealkylation sites (N-methyl/N-ethyl adjacent to an activating group) is 1. The number of halogens is 1.